The minimum atomic E-state index is 0. The predicted molar refractivity (Wildman–Crippen MR) is 18.2 cm³/mol. The van der Waals surface area contributed by atoms with Crippen LogP contribution in [0.5, 0.6) is 0 Å². The molecule has 0 spiro atoms. The van der Waals surface area contributed by atoms with Crippen molar-refractivity contribution in [3.05, 3.63) is 12.6 Å². The largest absolute Gasteiger partial charge is 1.00 e. The van der Waals surface area contributed by atoms with Crippen molar-refractivity contribution in [2.24, 2.45) is 0 Å². The van der Waals surface area contributed by atoms with Gasteiger partial charge in [0.15, 0.2) is 0 Å². The molecule has 5 heavy (non-hydrogen) atoms. The molecule has 0 saturated carbocycles. The van der Waals surface area contributed by atoms with Crippen molar-refractivity contribution < 1.29 is 57.1 Å². The predicted octanol–water partition coefficient (Wildman–Crippen LogP) is -2.16. The summed E-state index contributed by atoms with van der Waals surface area (Å²) in [5, 5.41) is 0. The third-order valence-corrected chi connectivity index (χ3v) is 0.0891. The second kappa shape index (κ2) is 9.03. The minimum Gasteiger partial charge on any atom is -1.00 e. The first-order valence-corrected chi connectivity index (χ1v) is 0.960. The van der Waals surface area contributed by atoms with Crippen molar-refractivity contribution in [1.29, 1.82) is 0 Å². The molecule has 0 amide bonds. The molecule has 0 aliphatic rings. The van der Waals surface area contributed by atoms with Crippen LogP contribution < -0.4 is 51.4 Å². The van der Waals surface area contributed by atoms with Gasteiger partial charge in [-0.2, -0.15) is 0 Å². The summed E-state index contributed by atoms with van der Waals surface area (Å²) >= 11 is 0. The summed E-state index contributed by atoms with van der Waals surface area (Å²) in [5.74, 6) is 1.08. The first kappa shape index (κ1) is 9.62. The van der Waals surface area contributed by atoms with Gasteiger partial charge in [-0.15, -0.1) is 6.58 Å². The van der Waals surface area contributed by atoms with Crippen LogP contribution in [0.1, 0.15) is 1.43 Å². The molecule has 1 radical (unpaired) electrons. The second-order valence-corrected chi connectivity index (χ2v) is 0.362. The number of hydrogen-bond donors (Lipinski definition) is 0. The van der Waals surface area contributed by atoms with E-state index in [1.54, 1.807) is 0 Å². The quantitative estimate of drug-likeness (QED) is 0.327. The molecule has 0 N–H and O–H groups in total. The van der Waals surface area contributed by atoms with Crippen molar-refractivity contribution >= 4 is 7.56 Å². The third-order valence-electron chi connectivity index (χ3n) is 0.0891. The van der Waals surface area contributed by atoms with E-state index in [0.717, 1.165) is 5.98 Å². The SMILES string of the molecule is C=C[B]F.[H-].[K+]. The fourth-order valence-corrected chi connectivity index (χ4v) is 0. The van der Waals surface area contributed by atoms with E-state index in [1.807, 2.05) is 0 Å². The Morgan fingerprint density at radius 1 is 2.00 bits per heavy atom. The zero-order valence-corrected chi connectivity index (χ0v) is 6.36. The molecule has 0 unspecified atom stereocenters. The van der Waals surface area contributed by atoms with Crippen LogP contribution in [-0.2, 0) is 0 Å². The van der Waals surface area contributed by atoms with E-state index in [2.05, 4.69) is 6.58 Å². The van der Waals surface area contributed by atoms with Crippen LogP contribution in [0.3, 0.4) is 0 Å². The molecule has 3 heteroatoms. The summed E-state index contributed by atoms with van der Waals surface area (Å²) in [6.45, 7) is 3.05. The Hall–Kier alpha value is 1.37. The Morgan fingerprint density at radius 2 is 2.20 bits per heavy atom. The van der Waals surface area contributed by atoms with Gasteiger partial charge < -0.3 is 5.74 Å². The van der Waals surface area contributed by atoms with Crippen LogP contribution in [-0.4, -0.2) is 7.56 Å². The van der Waals surface area contributed by atoms with Crippen LogP contribution in [0, 0.1) is 0 Å². The first-order valence-electron chi connectivity index (χ1n) is 0.960. The van der Waals surface area contributed by atoms with E-state index < -0.39 is 0 Å². The van der Waals surface area contributed by atoms with Gasteiger partial charge in [-0.05, 0) is 0 Å². The van der Waals surface area contributed by atoms with Gasteiger partial charge >= 0.3 is 58.9 Å². The molecule has 0 saturated heterocycles. The average Bonchev–Trinajstić information content (AvgIpc) is 1.37. The standard InChI is InChI=1S/C2H3BF.K.H/c1-2-3-4;;/h2H,1H2;;/q;+1;-1. The van der Waals surface area contributed by atoms with Crippen LogP contribution in [0.2, 0.25) is 0 Å². The molecule has 0 heterocycles. The molecule has 0 bridgehead atoms. The average molecular weight is 97.0 g/mol. The van der Waals surface area contributed by atoms with Crippen molar-refractivity contribution in [2.75, 3.05) is 0 Å². The van der Waals surface area contributed by atoms with Crippen molar-refractivity contribution in [3.8, 4) is 0 Å². The van der Waals surface area contributed by atoms with Crippen LogP contribution in [0.15, 0.2) is 12.6 Å². The van der Waals surface area contributed by atoms with Crippen molar-refractivity contribution in [1.82, 2.24) is 0 Å². The molecule has 0 nitrogen and oxygen atoms in total. The Labute approximate surface area is 76.0 Å². The molecule has 0 aromatic rings. The number of rotatable bonds is 1. The van der Waals surface area contributed by atoms with Crippen LogP contribution in [0.25, 0.3) is 0 Å². The Morgan fingerprint density at radius 3 is 2.20 bits per heavy atom. The summed E-state index contributed by atoms with van der Waals surface area (Å²) in [6, 6.07) is 0. The van der Waals surface area contributed by atoms with Crippen LogP contribution in [0.4, 0.5) is 4.32 Å². The summed E-state index contributed by atoms with van der Waals surface area (Å²) in [7, 11) is 0.389. The van der Waals surface area contributed by atoms with E-state index in [-0.39, 0.29) is 52.8 Å². The van der Waals surface area contributed by atoms with Gasteiger partial charge in [0.1, 0.15) is 0 Å². The molecule has 0 aliphatic heterocycles. The molecule has 23 valence electrons. The Bertz CT molecular complexity index is 27.5. The maximum atomic E-state index is 10.5. The van der Waals surface area contributed by atoms with Gasteiger partial charge in [0.05, 0.1) is 0 Å². The molecule has 0 aliphatic carbocycles. The molecule has 0 rings (SSSR count). The molecule has 0 fully saturated rings. The van der Waals surface area contributed by atoms with Gasteiger partial charge in [0, 0.05) is 0 Å². The maximum absolute atomic E-state index is 10.5. The third kappa shape index (κ3) is 10.9. The van der Waals surface area contributed by atoms with Gasteiger partial charge in [-0.3, -0.25) is 0 Å². The van der Waals surface area contributed by atoms with E-state index in [0.29, 0.717) is 7.56 Å². The van der Waals surface area contributed by atoms with E-state index >= 15 is 0 Å². The van der Waals surface area contributed by atoms with E-state index in [9.17, 15) is 4.32 Å². The van der Waals surface area contributed by atoms with Gasteiger partial charge in [0.2, 0.25) is 0 Å². The van der Waals surface area contributed by atoms with Crippen molar-refractivity contribution in [3.63, 3.8) is 0 Å². The second-order valence-electron chi connectivity index (χ2n) is 0.362. The Balaban J connectivity index is -0.0000000450. The van der Waals surface area contributed by atoms with E-state index in [4.69, 9.17) is 0 Å². The normalized spacial score (nSPS) is 4.20. The summed E-state index contributed by atoms with van der Waals surface area (Å²) in [5.41, 5.74) is 0. The fraction of sp³-hybridized carbons (Fsp3) is 0. The molecule has 0 aromatic heterocycles. The van der Waals surface area contributed by atoms with Crippen molar-refractivity contribution in [2.45, 2.75) is 0 Å². The molecular weight excluding hydrogens is 92.9 g/mol. The van der Waals surface area contributed by atoms with Gasteiger partial charge in [-0.1, -0.05) is 5.98 Å². The number of hydrogen-bond acceptors (Lipinski definition) is 0. The Kier molecular flexibility index (Phi) is 17.4. The van der Waals surface area contributed by atoms with Gasteiger partial charge in [-0.25, -0.2) is 0 Å². The van der Waals surface area contributed by atoms with E-state index in [1.165, 1.54) is 0 Å². The first-order chi connectivity index (χ1) is 1.91. The number of halogens is 1. The van der Waals surface area contributed by atoms with Crippen LogP contribution >= 0.6 is 0 Å². The summed E-state index contributed by atoms with van der Waals surface area (Å²) in [6.07, 6.45) is 0. The molecule has 0 atom stereocenters. The van der Waals surface area contributed by atoms with Gasteiger partial charge in [0.25, 0.3) is 0 Å². The fourth-order valence-electron chi connectivity index (χ4n) is 0. The topological polar surface area (TPSA) is 0 Å². The monoisotopic (exact) mass is 97.0 g/mol. The smallest absolute Gasteiger partial charge is 1.00 e. The minimum absolute atomic E-state index is 0. The molecular formula is C2H4BFK. The summed E-state index contributed by atoms with van der Waals surface area (Å²) in [4.78, 5) is 0. The zero-order valence-electron chi connectivity index (χ0n) is 4.24. The maximum Gasteiger partial charge on any atom is 1.00 e. The molecule has 0 aromatic carbocycles. The zero-order chi connectivity index (χ0) is 3.41. The summed E-state index contributed by atoms with van der Waals surface area (Å²) < 4.78 is 10.5.